The molecule has 1 aromatic rings. The number of nitrogens with zero attached hydrogens (tertiary/aromatic N) is 2. The van der Waals surface area contributed by atoms with Gasteiger partial charge >= 0.3 is 0 Å². The fourth-order valence-electron chi connectivity index (χ4n) is 2.63. The summed E-state index contributed by atoms with van der Waals surface area (Å²) in [4.78, 5) is 6.69. The molecule has 2 atom stereocenters. The smallest absolute Gasteiger partial charge is 0.0692 e. The van der Waals surface area contributed by atoms with Crippen LogP contribution in [0.4, 0.5) is 0 Å². The second-order valence-corrected chi connectivity index (χ2v) is 5.41. The molecule has 1 aromatic heterocycles. The molecule has 0 radical (unpaired) electrons. The van der Waals surface area contributed by atoms with Crippen LogP contribution in [0.15, 0.2) is 18.3 Å². The summed E-state index contributed by atoms with van der Waals surface area (Å²) < 4.78 is 0. The van der Waals surface area contributed by atoms with Crippen LogP contribution in [0.5, 0.6) is 0 Å². The van der Waals surface area contributed by atoms with Gasteiger partial charge in [0.25, 0.3) is 0 Å². The number of pyridine rings is 1. The van der Waals surface area contributed by atoms with Crippen LogP contribution >= 0.6 is 11.6 Å². The largest absolute Gasteiger partial charge is 0.392 e. The van der Waals surface area contributed by atoms with Crippen molar-refractivity contribution >= 4 is 11.6 Å². The zero-order chi connectivity index (χ0) is 13.0. The Hall–Kier alpha value is -0.640. The van der Waals surface area contributed by atoms with E-state index in [0.717, 1.165) is 31.6 Å². The highest BCUT2D eigenvalue weighted by molar-refractivity contribution is 6.30. The van der Waals surface area contributed by atoms with E-state index < -0.39 is 0 Å². The second-order valence-electron chi connectivity index (χ2n) is 4.98. The third-order valence-corrected chi connectivity index (χ3v) is 3.90. The zero-order valence-electron chi connectivity index (χ0n) is 10.8. The van der Waals surface area contributed by atoms with Gasteiger partial charge in [-0.1, -0.05) is 24.9 Å². The number of rotatable bonds is 4. The first kappa shape index (κ1) is 13.8. The minimum atomic E-state index is -0.224. The summed E-state index contributed by atoms with van der Waals surface area (Å²) in [6.07, 6.45) is 5.79. The maximum absolute atomic E-state index is 10.1. The van der Waals surface area contributed by atoms with Crippen molar-refractivity contribution in [3.63, 3.8) is 0 Å². The maximum atomic E-state index is 10.1. The van der Waals surface area contributed by atoms with E-state index in [2.05, 4.69) is 9.88 Å². The number of likely N-dealkylation sites (tertiary alicyclic amines) is 1. The lowest BCUT2D eigenvalue weighted by atomic mass is 9.96. The summed E-state index contributed by atoms with van der Waals surface area (Å²) in [5.41, 5.74) is 1.02. The normalized spacial score (nSPS) is 22.9. The Kier molecular flexibility index (Phi) is 4.98. The van der Waals surface area contributed by atoms with Crippen molar-refractivity contribution in [1.29, 1.82) is 0 Å². The predicted octanol–water partition coefficient (Wildman–Crippen LogP) is 2.86. The molecule has 0 aromatic carbocycles. The van der Waals surface area contributed by atoms with Crippen molar-refractivity contribution in [2.24, 2.45) is 0 Å². The lowest BCUT2D eigenvalue weighted by Crippen LogP contribution is -2.46. The van der Waals surface area contributed by atoms with Gasteiger partial charge in [-0.3, -0.25) is 9.88 Å². The summed E-state index contributed by atoms with van der Waals surface area (Å²) in [5.74, 6) is 0. The summed E-state index contributed by atoms with van der Waals surface area (Å²) >= 11 is 5.84. The van der Waals surface area contributed by atoms with Gasteiger partial charge in [-0.05, 0) is 37.9 Å². The molecule has 0 aliphatic carbocycles. The third kappa shape index (κ3) is 3.44. The van der Waals surface area contributed by atoms with Crippen LogP contribution in [0.25, 0.3) is 0 Å². The molecule has 18 heavy (non-hydrogen) atoms. The average Bonchev–Trinajstić information content (AvgIpc) is 2.41. The van der Waals surface area contributed by atoms with Crippen molar-refractivity contribution in [2.45, 2.75) is 51.3 Å². The van der Waals surface area contributed by atoms with E-state index in [4.69, 9.17) is 11.6 Å². The molecule has 2 rings (SSSR count). The lowest BCUT2D eigenvalue weighted by molar-refractivity contribution is 0.0189. The van der Waals surface area contributed by atoms with Crippen LogP contribution < -0.4 is 0 Å². The standard InChI is InChI=1S/C14H21ClN2O/c1-2-14(18)13-5-3-4-8-17(13)10-12-7-6-11(15)9-16-12/h6-7,9,13-14,18H,2-5,8,10H2,1H3. The highest BCUT2D eigenvalue weighted by atomic mass is 35.5. The van der Waals surface area contributed by atoms with E-state index in [0.29, 0.717) is 5.02 Å². The number of halogens is 1. The summed E-state index contributed by atoms with van der Waals surface area (Å²) in [6, 6.07) is 4.12. The van der Waals surface area contributed by atoms with Gasteiger partial charge in [0.05, 0.1) is 16.8 Å². The Bertz CT molecular complexity index is 369. The highest BCUT2D eigenvalue weighted by Crippen LogP contribution is 2.23. The molecule has 1 aliphatic rings. The van der Waals surface area contributed by atoms with Gasteiger partial charge in [-0.25, -0.2) is 0 Å². The maximum Gasteiger partial charge on any atom is 0.0692 e. The van der Waals surface area contributed by atoms with Crippen LogP contribution in [-0.2, 0) is 6.54 Å². The van der Waals surface area contributed by atoms with Gasteiger partial charge in [0.1, 0.15) is 0 Å². The van der Waals surface area contributed by atoms with E-state index in [1.165, 1.54) is 12.8 Å². The zero-order valence-corrected chi connectivity index (χ0v) is 11.6. The quantitative estimate of drug-likeness (QED) is 0.912. The molecule has 1 saturated heterocycles. The molecule has 3 nitrogen and oxygen atoms in total. The Morgan fingerprint density at radius 3 is 3.00 bits per heavy atom. The van der Waals surface area contributed by atoms with Crippen molar-refractivity contribution in [1.82, 2.24) is 9.88 Å². The molecule has 4 heteroatoms. The lowest BCUT2D eigenvalue weighted by Gasteiger charge is -2.38. The number of aliphatic hydroxyl groups is 1. The Morgan fingerprint density at radius 2 is 2.33 bits per heavy atom. The number of aliphatic hydroxyl groups excluding tert-OH is 1. The first-order valence-electron chi connectivity index (χ1n) is 6.73. The Balaban J connectivity index is 2.03. The van der Waals surface area contributed by atoms with Crippen molar-refractivity contribution in [3.05, 3.63) is 29.0 Å². The second kappa shape index (κ2) is 6.50. The number of piperidine rings is 1. The van der Waals surface area contributed by atoms with Gasteiger partial charge < -0.3 is 5.11 Å². The molecule has 1 N–H and O–H groups in total. The first-order valence-corrected chi connectivity index (χ1v) is 7.11. The van der Waals surface area contributed by atoms with Crippen LogP contribution in [0, 0.1) is 0 Å². The SMILES string of the molecule is CCC(O)C1CCCCN1Cc1ccc(Cl)cn1. The van der Waals surface area contributed by atoms with Crippen LogP contribution in [0.3, 0.4) is 0 Å². The molecule has 2 unspecified atom stereocenters. The monoisotopic (exact) mass is 268 g/mol. The van der Waals surface area contributed by atoms with E-state index in [1.807, 2.05) is 19.1 Å². The summed E-state index contributed by atoms with van der Waals surface area (Å²) in [6.45, 7) is 3.89. The molecule has 0 spiro atoms. The van der Waals surface area contributed by atoms with Gasteiger partial charge in [-0.2, -0.15) is 0 Å². The predicted molar refractivity (Wildman–Crippen MR) is 73.6 cm³/mol. The van der Waals surface area contributed by atoms with Crippen molar-refractivity contribution in [2.75, 3.05) is 6.54 Å². The molecule has 2 heterocycles. The Labute approximate surface area is 114 Å². The summed E-state index contributed by atoms with van der Waals surface area (Å²) in [7, 11) is 0. The third-order valence-electron chi connectivity index (χ3n) is 3.68. The highest BCUT2D eigenvalue weighted by Gasteiger charge is 2.27. The number of hydrogen-bond donors (Lipinski definition) is 1. The summed E-state index contributed by atoms with van der Waals surface area (Å²) in [5, 5.41) is 10.8. The minimum absolute atomic E-state index is 0.224. The van der Waals surface area contributed by atoms with Gasteiger partial charge in [0.15, 0.2) is 0 Å². The molecular formula is C14H21ClN2O. The molecule has 0 amide bonds. The van der Waals surface area contributed by atoms with E-state index in [1.54, 1.807) is 6.20 Å². The average molecular weight is 269 g/mol. The molecule has 0 bridgehead atoms. The van der Waals surface area contributed by atoms with Crippen LogP contribution in [0.2, 0.25) is 5.02 Å². The Morgan fingerprint density at radius 1 is 1.50 bits per heavy atom. The molecule has 1 fully saturated rings. The topological polar surface area (TPSA) is 36.4 Å². The molecule has 100 valence electrons. The number of hydrogen-bond acceptors (Lipinski definition) is 3. The van der Waals surface area contributed by atoms with Crippen molar-refractivity contribution in [3.8, 4) is 0 Å². The van der Waals surface area contributed by atoms with Gasteiger partial charge in [0, 0.05) is 18.8 Å². The van der Waals surface area contributed by atoms with Crippen LogP contribution in [-0.4, -0.2) is 33.7 Å². The van der Waals surface area contributed by atoms with E-state index >= 15 is 0 Å². The van der Waals surface area contributed by atoms with Gasteiger partial charge in [0.2, 0.25) is 0 Å². The number of aromatic nitrogens is 1. The minimum Gasteiger partial charge on any atom is -0.392 e. The molecular weight excluding hydrogens is 248 g/mol. The fraction of sp³-hybridized carbons (Fsp3) is 0.643. The van der Waals surface area contributed by atoms with Gasteiger partial charge in [-0.15, -0.1) is 0 Å². The molecule has 1 aliphatic heterocycles. The van der Waals surface area contributed by atoms with E-state index in [9.17, 15) is 5.11 Å². The van der Waals surface area contributed by atoms with Crippen LogP contribution in [0.1, 0.15) is 38.3 Å². The van der Waals surface area contributed by atoms with Crippen molar-refractivity contribution < 1.29 is 5.11 Å². The van der Waals surface area contributed by atoms with E-state index in [-0.39, 0.29) is 12.1 Å². The molecule has 0 saturated carbocycles. The fourth-order valence-corrected chi connectivity index (χ4v) is 2.74. The first-order chi connectivity index (χ1) is 8.70.